The second-order valence-electron chi connectivity index (χ2n) is 5.81. The van der Waals surface area contributed by atoms with Crippen molar-refractivity contribution >= 4 is 17.7 Å². The lowest BCUT2D eigenvalue weighted by Gasteiger charge is -2.39. The summed E-state index contributed by atoms with van der Waals surface area (Å²) >= 11 is 0. The second kappa shape index (κ2) is 6.30. The molecule has 2 rings (SSSR count). The molecule has 2 atom stereocenters. The summed E-state index contributed by atoms with van der Waals surface area (Å²) < 4.78 is 5.15. The first-order valence-corrected chi connectivity index (χ1v) is 7.42. The highest BCUT2D eigenvalue weighted by Crippen LogP contribution is 2.36. The van der Waals surface area contributed by atoms with Crippen molar-refractivity contribution in [3.63, 3.8) is 0 Å². The van der Waals surface area contributed by atoms with Gasteiger partial charge in [-0.3, -0.25) is 14.4 Å². The summed E-state index contributed by atoms with van der Waals surface area (Å²) in [6, 6.07) is 7.51. The van der Waals surface area contributed by atoms with Gasteiger partial charge in [0, 0.05) is 13.8 Å². The molecule has 0 spiro atoms. The lowest BCUT2D eigenvalue weighted by molar-refractivity contribution is -0.159. The van der Waals surface area contributed by atoms with Crippen LogP contribution in [0.4, 0.5) is 0 Å². The summed E-state index contributed by atoms with van der Waals surface area (Å²) in [6.45, 7) is 4.61. The van der Waals surface area contributed by atoms with Crippen LogP contribution in [0.1, 0.15) is 44.2 Å². The van der Waals surface area contributed by atoms with Crippen molar-refractivity contribution < 1.29 is 19.1 Å². The van der Waals surface area contributed by atoms with E-state index in [1.165, 1.54) is 13.8 Å². The van der Waals surface area contributed by atoms with Crippen molar-refractivity contribution in [2.75, 3.05) is 0 Å². The van der Waals surface area contributed by atoms with Gasteiger partial charge < -0.3 is 10.1 Å². The number of esters is 1. The van der Waals surface area contributed by atoms with E-state index < -0.39 is 17.6 Å². The number of hydrogen-bond donors (Lipinski definition) is 1. The molecule has 1 aromatic rings. The van der Waals surface area contributed by atoms with Crippen molar-refractivity contribution in [1.82, 2.24) is 5.32 Å². The smallest absolute Gasteiger partial charge is 0.303 e. The minimum absolute atomic E-state index is 0.255. The molecule has 1 aromatic carbocycles. The summed E-state index contributed by atoms with van der Waals surface area (Å²) in [5.74, 6) is -1.02. The highest BCUT2D eigenvalue weighted by molar-refractivity contribution is 5.98. The zero-order chi connectivity index (χ0) is 16.3. The van der Waals surface area contributed by atoms with E-state index in [0.717, 1.165) is 11.1 Å². The van der Waals surface area contributed by atoms with Crippen LogP contribution in [0, 0.1) is 6.92 Å². The molecule has 5 nitrogen and oxygen atoms in total. The Morgan fingerprint density at radius 3 is 2.64 bits per heavy atom. The number of carbonyl (C=O) groups is 3. The minimum Gasteiger partial charge on any atom is -0.454 e. The third-order valence-electron chi connectivity index (χ3n) is 3.94. The van der Waals surface area contributed by atoms with Crippen LogP contribution < -0.4 is 5.32 Å². The number of aryl methyl sites for hydroxylation is 1. The molecular weight excluding hydrogens is 282 g/mol. The van der Waals surface area contributed by atoms with Gasteiger partial charge in [-0.05, 0) is 31.7 Å². The second-order valence-corrected chi connectivity index (χ2v) is 5.81. The Bertz CT molecular complexity index is 610. The average Bonchev–Trinajstić information content (AvgIpc) is 2.42. The van der Waals surface area contributed by atoms with E-state index in [2.05, 4.69) is 5.32 Å². The standard InChI is InChI=1S/C17H21NO4/c1-11-6-4-7-14(10-11)17(18-12(2)19)9-5-8-15(16(17)21)22-13(3)20/h4,6-7,10,15H,5,8-9H2,1-3H3,(H,18,19). The molecule has 1 fully saturated rings. The van der Waals surface area contributed by atoms with E-state index in [9.17, 15) is 14.4 Å². The fourth-order valence-corrected chi connectivity index (χ4v) is 3.09. The number of Topliss-reactive ketones (excluding diaryl/α,β-unsaturated/α-hetero) is 1. The largest absolute Gasteiger partial charge is 0.454 e. The predicted octanol–water partition coefficient (Wildman–Crippen LogP) is 2.01. The van der Waals surface area contributed by atoms with Gasteiger partial charge in [0.15, 0.2) is 6.10 Å². The predicted molar refractivity (Wildman–Crippen MR) is 81.1 cm³/mol. The minimum atomic E-state index is -1.11. The van der Waals surface area contributed by atoms with E-state index in [-0.39, 0.29) is 11.7 Å². The summed E-state index contributed by atoms with van der Waals surface area (Å²) in [5, 5.41) is 2.81. The van der Waals surface area contributed by atoms with Crippen LogP contribution in [-0.2, 0) is 24.7 Å². The van der Waals surface area contributed by atoms with Gasteiger partial charge in [-0.15, -0.1) is 0 Å². The molecule has 0 aliphatic heterocycles. The van der Waals surface area contributed by atoms with Crippen LogP contribution in [-0.4, -0.2) is 23.8 Å². The van der Waals surface area contributed by atoms with Crippen LogP contribution in [0.2, 0.25) is 0 Å². The van der Waals surface area contributed by atoms with Gasteiger partial charge in [0.1, 0.15) is 5.54 Å². The van der Waals surface area contributed by atoms with Crippen molar-refractivity contribution in [3.05, 3.63) is 35.4 Å². The number of benzene rings is 1. The Morgan fingerprint density at radius 1 is 1.32 bits per heavy atom. The molecule has 1 saturated carbocycles. The highest BCUT2D eigenvalue weighted by Gasteiger charge is 2.48. The monoisotopic (exact) mass is 303 g/mol. The summed E-state index contributed by atoms with van der Waals surface area (Å²) in [7, 11) is 0. The normalized spacial score (nSPS) is 24.7. The fourth-order valence-electron chi connectivity index (χ4n) is 3.09. The molecule has 1 aliphatic rings. The first-order chi connectivity index (χ1) is 10.3. The number of hydrogen-bond acceptors (Lipinski definition) is 4. The van der Waals surface area contributed by atoms with Gasteiger partial charge in [-0.25, -0.2) is 0 Å². The Balaban J connectivity index is 2.46. The van der Waals surface area contributed by atoms with Crippen molar-refractivity contribution in [2.24, 2.45) is 0 Å². The van der Waals surface area contributed by atoms with Gasteiger partial charge in [0.2, 0.25) is 11.7 Å². The van der Waals surface area contributed by atoms with E-state index in [1.807, 2.05) is 31.2 Å². The summed E-state index contributed by atoms with van der Waals surface area (Å²) in [5.41, 5.74) is 0.630. The average molecular weight is 303 g/mol. The zero-order valence-electron chi connectivity index (χ0n) is 13.1. The fraction of sp³-hybridized carbons (Fsp3) is 0.471. The van der Waals surface area contributed by atoms with Crippen LogP contribution >= 0.6 is 0 Å². The molecular formula is C17H21NO4. The number of rotatable bonds is 3. The highest BCUT2D eigenvalue weighted by atomic mass is 16.5. The Kier molecular flexibility index (Phi) is 4.64. The van der Waals surface area contributed by atoms with Gasteiger partial charge in [-0.1, -0.05) is 29.8 Å². The molecule has 1 N–H and O–H groups in total. The van der Waals surface area contributed by atoms with Gasteiger partial charge in [0.05, 0.1) is 0 Å². The maximum absolute atomic E-state index is 12.9. The Morgan fingerprint density at radius 2 is 2.05 bits per heavy atom. The summed E-state index contributed by atoms with van der Waals surface area (Å²) in [4.78, 5) is 35.8. The van der Waals surface area contributed by atoms with E-state index >= 15 is 0 Å². The summed E-state index contributed by atoms with van der Waals surface area (Å²) in [6.07, 6.45) is 0.884. The third kappa shape index (κ3) is 3.18. The molecule has 5 heteroatoms. The zero-order valence-corrected chi connectivity index (χ0v) is 13.1. The molecule has 1 amide bonds. The number of ether oxygens (including phenoxy) is 1. The number of carbonyl (C=O) groups excluding carboxylic acids is 3. The molecule has 2 unspecified atom stereocenters. The van der Waals surface area contributed by atoms with E-state index in [1.54, 1.807) is 0 Å². The molecule has 0 bridgehead atoms. The molecule has 0 radical (unpaired) electrons. The van der Waals surface area contributed by atoms with Gasteiger partial charge in [-0.2, -0.15) is 0 Å². The number of amides is 1. The number of nitrogens with one attached hydrogen (secondary N) is 1. The maximum Gasteiger partial charge on any atom is 0.303 e. The maximum atomic E-state index is 12.9. The first kappa shape index (κ1) is 16.2. The van der Waals surface area contributed by atoms with Crippen LogP contribution in [0.3, 0.4) is 0 Å². The lowest BCUT2D eigenvalue weighted by Crippen LogP contribution is -2.57. The van der Waals surface area contributed by atoms with E-state index in [0.29, 0.717) is 19.3 Å². The van der Waals surface area contributed by atoms with Gasteiger partial charge >= 0.3 is 5.97 Å². The van der Waals surface area contributed by atoms with Crippen molar-refractivity contribution in [1.29, 1.82) is 0 Å². The Labute approximate surface area is 130 Å². The van der Waals surface area contributed by atoms with Crippen LogP contribution in [0.25, 0.3) is 0 Å². The number of ketones is 1. The topological polar surface area (TPSA) is 72.5 Å². The van der Waals surface area contributed by atoms with Crippen LogP contribution in [0.15, 0.2) is 24.3 Å². The molecule has 118 valence electrons. The van der Waals surface area contributed by atoms with Gasteiger partial charge in [0.25, 0.3) is 0 Å². The van der Waals surface area contributed by atoms with Crippen LogP contribution in [0.5, 0.6) is 0 Å². The molecule has 0 saturated heterocycles. The molecule has 22 heavy (non-hydrogen) atoms. The molecule has 0 heterocycles. The molecule has 1 aliphatic carbocycles. The Hall–Kier alpha value is -2.17. The molecule has 0 aromatic heterocycles. The lowest BCUT2D eigenvalue weighted by atomic mass is 9.73. The quantitative estimate of drug-likeness (QED) is 0.867. The first-order valence-electron chi connectivity index (χ1n) is 7.42. The van der Waals surface area contributed by atoms with E-state index in [4.69, 9.17) is 4.74 Å². The van der Waals surface area contributed by atoms with Crippen molar-refractivity contribution in [3.8, 4) is 0 Å². The van der Waals surface area contributed by atoms with Crippen molar-refractivity contribution in [2.45, 2.75) is 51.7 Å². The third-order valence-corrected chi connectivity index (χ3v) is 3.94. The SMILES string of the molecule is CC(=O)NC1(c2cccc(C)c2)CCCC(OC(C)=O)C1=O.